The van der Waals surface area contributed by atoms with Gasteiger partial charge in [-0.25, -0.2) is 0 Å². The number of methoxy groups -OCH3 is 1. The van der Waals surface area contributed by atoms with E-state index in [0.29, 0.717) is 6.04 Å². The molecule has 1 aliphatic heterocycles. The molecule has 2 fully saturated rings. The van der Waals surface area contributed by atoms with Gasteiger partial charge in [0.05, 0.1) is 13.2 Å². The fraction of sp³-hybridized carbons (Fsp3) is 0.647. The highest BCUT2D eigenvalue weighted by Crippen LogP contribution is 2.43. The molecule has 3 heteroatoms. The number of likely N-dealkylation sites (tertiary alicyclic amines) is 1. The number of aryl methyl sites for hydroxylation is 1. The monoisotopic (exact) mass is 273 g/mol. The first-order valence-corrected chi connectivity index (χ1v) is 7.87. The minimum atomic E-state index is -0.330. The van der Waals surface area contributed by atoms with Gasteiger partial charge in [-0.1, -0.05) is 6.07 Å². The van der Waals surface area contributed by atoms with Crippen LogP contribution in [0.5, 0.6) is 5.75 Å². The van der Waals surface area contributed by atoms with Crippen molar-refractivity contribution in [3.63, 3.8) is 0 Å². The Hall–Kier alpha value is -1.06. The van der Waals surface area contributed by atoms with Crippen LogP contribution in [0.3, 0.4) is 0 Å². The van der Waals surface area contributed by atoms with Gasteiger partial charge in [0.2, 0.25) is 0 Å². The fourth-order valence-corrected chi connectivity index (χ4v) is 4.60. The highest BCUT2D eigenvalue weighted by Gasteiger charge is 2.44. The van der Waals surface area contributed by atoms with Crippen molar-refractivity contribution < 1.29 is 9.84 Å². The number of aliphatic hydroxyl groups excluding tert-OH is 1. The highest BCUT2D eigenvalue weighted by atomic mass is 16.5. The van der Waals surface area contributed by atoms with E-state index in [1.165, 1.54) is 31.4 Å². The number of hydrogen-bond donors (Lipinski definition) is 1. The SMILES string of the molecule is COc1ccc2c(c1)CCC(N1CC3CCC1C3)C2O. The van der Waals surface area contributed by atoms with Crippen LogP contribution in [0.4, 0.5) is 0 Å². The van der Waals surface area contributed by atoms with Crippen LogP contribution in [0.25, 0.3) is 0 Å². The number of hydrogen-bond acceptors (Lipinski definition) is 3. The smallest absolute Gasteiger partial charge is 0.119 e. The van der Waals surface area contributed by atoms with Crippen molar-refractivity contribution in [2.24, 2.45) is 5.92 Å². The molecule has 1 heterocycles. The number of piperidine rings is 1. The van der Waals surface area contributed by atoms with Crippen LogP contribution in [0.15, 0.2) is 18.2 Å². The number of aliphatic hydroxyl groups is 1. The molecule has 4 rings (SSSR count). The summed E-state index contributed by atoms with van der Waals surface area (Å²) in [5.74, 6) is 1.79. The van der Waals surface area contributed by atoms with Crippen LogP contribution in [0.2, 0.25) is 0 Å². The molecule has 0 aromatic heterocycles. The second kappa shape index (κ2) is 4.74. The summed E-state index contributed by atoms with van der Waals surface area (Å²) < 4.78 is 5.29. The zero-order valence-electron chi connectivity index (χ0n) is 12.1. The molecular formula is C17H23NO2. The lowest BCUT2D eigenvalue weighted by atomic mass is 9.84. The van der Waals surface area contributed by atoms with Gasteiger partial charge in [-0.3, -0.25) is 4.90 Å². The minimum absolute atomic E-state index is 0.325. The maximum Gasteiger partial charge on any atom is 0.119 e. The molecule has 3 aliphatic rings. The van der Waals surface area contributed by atoms with E-state index in [9.17, 15) is 5.11 Å². The molecule has 3 nitrogen and oxygen atoms in total. The van der Waals surface area contributed by atoms with E-state index < -0.39 is 0 Å². The lowest BCUT2D eigenvalue weighted by molar-refractivity contribution is 0.0193. The molecule has 108 valence electrons. The van der Waals surface area contributed by atoms with Crippen LogP contribution < -0.4 is 4.74 Å². The molecule has 1 saturated heterocycles. The zero-order valence-corrected chi connectivity index (χ0v) is 12.1. The average Bonchev–Trinajstić information content (AvgIpc) is 3.10. The molecule has 2 aliphatic carbocycles. The molecule has 4 atom stereocenters. The summed E-state index contributed by atoms with van der Waals surface area (Å²) in [6, 6.07) is 7.18. The maximum atomic E-state index is 10.8. The molecule has 1 N–H and O–H groups in total. The average molecular weight is 273 g/mol. The number of fused-ring (bicyclic) bond motifs is 3. The highest BCUT2D eigenvalue weighted by molar-refractivity contribution is 5.39. The summed E-state index contributed by atoms with van der Waals surface area (Å²) in [4.78, 5) is 2.60. The second-order valence-corrected chi connectivity index (χ2v) is 6.65. The normalized spacial score (nSPS) is 36.1. The van der Waals surface area contributed by atoms with Crippen molar-refractivity contribution in [3.05, 3.63) is 29.3 Å². The van der Waals surface area contributed by atoms with Gasteiger partial charge < -0.3 is 9.84 Å². The van der Waals surface area contributed by atoms with E-state index in [0.717, 1.165) is 36.1 Å². The first-order valence-electron chi connectivity index (χ1n) is 7.87. The van der Waals surface area contributed by atoms with E-state index in [4.69, 9.17) is 4.74 Å². The van der Waals surface area contributed by atoms with E-state index in [1.807, 2.05) is 6.07 Å². The molecule has 0 spiro atoms. The van der Waals surface area contributed by atoms with Crippen molar-refractivity contribution in [1.29, 1.82) is 0 Å². The summed E-state index contributed by atoms with van der Waals surface area (Å²) in [5, 5.41) is 10.8. The van der Waals surface area contributed by atoms with Gasteiger partial charge in [0.25, 0.3) is 0 Å². The predicted molar refractivity (Wildman–Crippen MR) is 77.9 cm³/mol. The Bertz CT molecular complexity index is 516. The van der Waals surface area contributed by atoms with Gasteiger partial charge >= 0.3 is 0 Å². The minimum Gasteiger partial charge on any atom is -0.497 e. The number of ether oxygens (including phenoxy) is 1. The van der Waals surface area contributed by atoms with Crippen LogP contribution in [0, 0.1) is 5.92 Å². The maximum absolute atomic E-state index is 10.8. The van der Waals surface area contributed by atoms with Gasteiger partial charge in [-0.15, -0.1) is 0 Å². The third-order valence-electron chi connectivity index (χ3n) is 5.62. The quantitative estimate of drug-likeness (QED) is 0.899. The molecule has 20 heavy (non-hydrogen) atoms. The van der Waals surface area contributed by atoms with Gasteiger partial charge in [0.15, 0.2) is 0 Å². The summed E-state index contributed by atoms with van der Waals surface area (Å²) in [6.07, 6.45) is 5.90. The lowest BCUT2D eigenvalue weighted by Crippen LogP contribution is -2.46. The Morgan fingerprint density at radius 1 is 1.25 bits per heavy atom. The van der Waals surface area contributed by atoms with Crippen LogP contribution >= 0.6 is 0 Å². The van der Waals surface area contributed by atoms with Crippen molar-refractivity contribution in [2.75, 3.05) is 13.7 Å². The van der Waals surface area contributed by atoms with Crippen molar-refractivity contribution in [1.82, 2.24) is 4.90 Å². The molecule has 4 unspecified atom stereocenters. The van der Waals surface area contributed by atoms with E-state index in [-0.39, 0.29) is 6.10 Å². The van der Waals surface area contributed by atoms with Gasteiger partial charge in [-0.2, -0.15) is 0 Å². The second-order valence-electron chi connectivity index (χ2n) is 6.65. The van der Waals surface area contributed by atoms with Gasteiger partial charge in [0.1, 0.15) is 5.75 Å². The Balaban J connectivity index is 1.59. The molecule has 0 radical (unpaired) electrons. The molecule has 1 aromatic rings. The van der Waals surface area contributed by atoms with E-state index in [2.05, 4.69) is 17.0 Å². The van der Waals surface area contributed by atoms with Crippen molar-refractivity contribution >= 4 is 0 Å². The molecule has 0 amide bonds. The topological polar surface area (TPSA) is 32.7 Å². The lowest BCUT2D eigenvalue weighted by Gasteiger charge is -2.41. The number of rotatable bonds is 2. The first kappa shape index (κ1) is 12.7. The first-order chi connectivity index (χ1) is 9.76. The predicted octanol–water partition coefficient (Wildman–Crippen LogP) is 2.53. The van der Waals surface area contributed by atoms with Crippen LogP contribution in [-0.2, 0) is 6.42 Å². The fourth-order valence-electron chi connectivity index (χ4n) is 4.60. The number of benzene rings is 1. The summed E-state index contributed by atoms with van der Waals surface area (Å²) in [6.45, 7) is 1.21. The van der Waals surface area contributed by atoms with Gasteiger partial charge in [0, 0.05) is 18.6 Å². The Morgan fingerprint density at radius 3 is 2.85 bits per heavy atom. The Morgan fingerprint density at radius 2 is 2.15 bits per heavy atom. The Labute approximate surface area is 120 Å². The third kappa shape index (κ3) is 1.87. The Kier molecular flexibility index (Phi) is 3.00. The van der Waals surface area contributed by atoms with Crippen LogP contribution in [0.1, 0.15) is 42.9 Å². The standard InChI is InChI=1S/C17H23NO2/c1-20-14-5-6-15-12(9-14)3-7-16(17(15)19)18-10-11-2-4-13(18)8-11/h5-6,9,11,13,16-17,19H,2-4,7-8,10H2,1H3. The van der Waals surface area contributed by atoms with E-state index >= 15 is 0 Å². The van der Waals surface area contributed by atoms with Crippen molar-refractivity contribution in [3.8, 4) is 5.75 Å². The zero-order chi connectivity index (χ0) is 13.7. The molecule has 1 aromatic carbocycles. The van der Waals surface area contributed by atoms with Crippen LogP contribution in [-0.4, -0.2) is 35.7 Å². The largest absolute Gasteiger partial charge is 0.497 e. The summed E-state index contributed by atoms with van der Waals surface area (Å²) in [5.41, 5.74) is 2.38. The molecule has 2 bridgehead atoms. The molecule has 1 saturated carbocycles. The summed E-state index contributed by atoms with van der Waals surface area (Å²) in [7, 11) is 1.70. The molecular weight excluding hydrogens is 250 g/mol. The van der Waals surface area contributed by atoms with E-state index in [1.54, 1.807) is 7.11 Å². The number of nitrogens with zero attached hydrogens (tertiary/aromatic N) is 1. The third-order valence-corrected chi connectivity index (χ3v) is 5.62. The van der Waals surface area contributed by atoms with Crippen molar-refractivity contribution in [2.45, 2.75) is 50.3 Å². The van der Waals surface area contributed by atoms with Gasteiger partial charge in [-0.05, 0) is 61.3 Å². The summed E-state index contributed by atoms with van der Waals surface area (Å²) >= 11 is 0.